The van der Waals surface area contributed by atoms with Gasteiger partial charge in [0.05, 0.1) is 22.6 Å². The van der Waals surface area contributed by atoms with E-state index in [1.54, 1.807) is 34.7 Å². The summed E-state index contributed by atoms with van der Waals surface area (Å²) in [6.45, 7) is 6.02. The molecule has 0 spiro atoms. The van der Waals surface area contributed by atoms with Crippen LogP contribution >= 0.6 is 0 Å². The Morgan fingerprint density at radius 3 is 2.44 bits per heavy atom. The molecule has 1 amide bonds. The van der Waals surface area contributed by atoms with Crippen molar-refractivity contribution in [1.82, 2.24) is 14.5 Å². The largest absolute Gasteiger partial charge is 0.332 e. The van der Waals surface area contributed by atoms with Crippen LogP contribution in [-0.2, 0) is 4.79 Å². The topological polar surface area (TPSA) is 55.2 Å². The number of para-hydroxylation sites is 1. The molecule has 1 aromatic heterocycles. The maximum atomic E-state index is 13.7. The third-order valence-electron chi connectivity index (χ3n) is 6.11. The maximum absolute atomic E-state index is 13.7. The van der Waals surface area contributed by atoms with Gasteiger partial charge in [0.25, 0.3) is 5.56 Å². The maximum Gasteiger partial charge on any atom is 0.266 e. The quantitative estimate of drug-likeness (QED) is 0.357. The van der Waals surface area contributed by atoms with Crippen LogP contribution in [0.15, 0.2) is 83.7 Å². The van der Waals surface area contributed by atoms with Crippen LogP contribution in [0.4, 0.5) is 0 Å². The first kappa shape index (κ1) is 23.2. The normalized spacial score (nSPS) is 12.2. The Kier molecular flexibility index (Phi) is 6.73. The van der Waals surface area contributed by atoms with E-state index in [0.29, 0.717) is 23.1 Å². The summed E-state index contributed by atoms with van der Waals surface area (Å²) in [6, 6.07) is 22.7. The lowest BCUT2D eigenvalue weighted by Crippen LogP contribution is -2.35. The number of aromatic nitrogens is 2. The van der Waals surface area contributed by atoms with E-state index in [-0.39, 0.29) is 17.5 Å². The van der Waals surface area contributed by atoms with E-state index in [1.807, 2.05) is 81.4 Å². The highest BCUT2D eigenvalue weighted by Crippen LogP contribution is 2.26. The van der Waals surface area contributed by atoms with Crippen molar-refractivity contribution in [3.63, 3.8) is 0 Å². The molecule has 1 atom stereocenters. The van der Waals surface area contributed by atoms with Gasteiger partial charge in [-0.15, -0.1) is 0 Å². The second kappa shape index (κ2) is 9.87. The molecule has 0 fully saturated rings. The Morgan fingerprint density at radius 2 is 1.74 bits per heavy atom. The van der Waals surface area contributed by atoms with Crippen LogP contribution < -0.4 is 5.56 Å². The summed E-state index contributed by atoms with van der Waals surface area (Å²) in [5.74, 6) is 0.410. The number of amides is 1. The highest BCUT2D eigenvalue weighted by atomic mass is 16.2. The number of benzene rings is 3. The molecule has 5 heteroatoms. The highest BCUT2D eigenvalue weighted by molar-refractivity contribution is 5.92. The molecule has 1 unspecified atom stereocenters. The summed E-state index contributed by atoms with van der Waals surface area (Å²) in [4.78, 5) is 33.4. The molecule has 0 bridgehead atoms. The number of rotatable bonds is 6. The van der Waals surface area contributed by atoms with E-state index in [1.165, 1.54) is 0 Å². The Balaban J connectivity index is 1.84. The first-order chi connectivity index (χ1) is 16.4. The molecule has 0 aliphatic rings. The fourth-order valence-electron chi connectivity index (χ4n) is 4.29. The van der Waals surface area contributed by atoms with E-state index >= 15 is 0 Å². The molecule has 0 aliphatic heterocycles. The standard InChI is InChI=1S/C29H29N3O2/c1-5-25(31(4)27(33)18-16-22-11-7-6-8-12-22)28-30-24-14-10-9-13-23(24)29(34)32(28)26-17-15-20(2)19-21(26)3/h6-19,25H,5H2,1-4H3/b18-16+. The second-order valence-electron chi connectivity index (χ2n) is 8.53. The average molecular weight is 452 g/mol. The number of aryl methyl sites for hydroxylation is 2. The molecular weight excluding hydrogens is 422 g/mol. The van der Waals surface area contributed by atoms with Gasteiger partial charge in [-0.25, -0.2) is 4.98 Å². The molecule has 0 radical (unpaired) electrons. The summed E-state index contributed by atoms with van der Waals surface area (Å²) in [5.41, 5.74) is 4.33. The number of hydrogen-bond acceptors (Lipinski definition) is 3. The smallest absolute Gasteiger partial charge is 0.266 e. The first-order valence-electron chi connectivity index (χ1n) is 11.5. The van der Waals surface area contributed by atoms with E-state index in [4.69, 9.17) is 4.98 Å². The minimum absolute atomic E-state index is 0.133. The first-order valence-corrected chi connectivity index (χ1v) is 11.5. The van der Waals surface area contributed by atoms with Gasteiger partial charge in [0, 0.05) is 13.1 Å². The number of nitrogens with zero attached hydrogens (tertiary/aromatic N) is 3. The zero-order chi connectivity index (χ0) is 24.2. The molecule has 0 saturated heterocycles. The zero-order valence-corrected chi connectivity index (χ0v) is 20.0. The lowest BCUT2D eigenvalue weighted by atomic mass is 10.1. The van der Waals surface area contributed by atoms with Gasteiger partial charge >= 0.3 is 0 Å². The van der Waals surface area contributed by atoms with Gasteiger partial charge in [-0.1, -0.05) is 67.1 Å². The lowest BCUT2D eigenvalue weighted by Gasteiger charge is -2.28. The van der Waals surface area contributed by atoms with Crippen molar-refractivity contribution in [2.45, 2.75) is 33.2 Å². The molecule has 5 nitrogen and oxygen atoms in total. The van der Waals surface area contributed by atoms with Crippen LogP contribution in [0.25, 0.3) is 22.7 Å². The van der Waals surface area contributed by atoms with Gasteiger partial charge in [0.1, 0.15) is 5.82 Å². The third-order valence-corrected chi connectivity index (χ3v) is 6.11. The molecule has 4 aromatic rings. The molecule has 4 rings (SSSR count). The molecule has 0 saturated carbocycles. The number of hydrogen-bond donors (Lipinski definition) is 0. The fraction of sp³-hybridized carbons (Fsp3) is 0.207. The van der Waals surface area contributed by atoms with Crippen LogP contribution in [-0.4, -0.2) is 27.4 Å². The van der Waals surface area contributed by atoms with Crippen LogP contribution in [0.3, 0.4) is 0 Å². The van der Waals surface area contributed by atoms with Gasteiger partial charge in [0.2, 0.25) is 5.91 Å². The van der Waals surface area contributed by atoms with Crippen LogP contribution in [0.5, 0.6) is 0 Å². The number of carbonyl (C=O) groups is 1. The molecular formula is C29H29N3O2. The minimum Gasteiger partial charge on any atom is -0.332 e. The molecule has 1 heterocycles. The van der Waals surface area contributed by atoms with E-state index < -0.39 is 0 Å². The Morgan fingerprint density at radius 1 is 1.03 bits per heavy atom. The Labute approximate surface area is 200 Å². The predicted octanol–water partition coefficient (Wildman–Crippen LogP) is 5.63. The van der Waals surface area contributed by atoms with Crippen molar-refractivity contribution in [2.24, 2.45) is 0 Å². The predicted molar refractivity (Wildman–Crippen MR) is 138 cm³/mol. The van der Waals surface area contributed by atoms with Crippen molar-refractivity contribution < 1.29 is 4.79 Å². The summed E-state index contributed by atoms with van der Waals surface area (Å²) in [5, 5.41) is 0.555. The van der Waals surface area contributed by atoms with Gasteiger partial charge in [-0.2, -0.15) is 0 Å². The van der Waals surface area contributed by atoms with Crippen molar-refractivity contribution in [1.29, 1.82) is 0 Å². The molecule has 172 valence electrons. The molecule has 3 aromatic carbocycles. The summed E-state index contributed by atoms with van der Waals surface area (Å²) in [7, 11) is 1.76. The van der Waals surface area contributed by atoms with E-state index in [9.17, 15) is 9.59 Å². The van der Waals surface area contributed by atoms with Gasteiger partial charge < -0.3 is 4.90 Å². The van der Waals surface area contributed by atoms with Gasteiger partial charge in [-0.05, 0) is 55.7 Å². The second-order valence-corrected chi connectivity index (χ2v) is 8.53. The van der Waals surface area contributed by atoms with Crippen molar-refractivity contribution in [3.8, 4) is 5.69 Å². The molecule has 0 aliphatic carbocycles. The van der Waals surface area contributed by atoms with Gasteiger partial charge in [-0.3, -0.25) is 14.2 Å². The number of likely N-dealkylation sites (N-methyl/N-ethyl adjacent to an activating group) is 1. The molecule has 0 N–H and O–H groups in total. The summed E-state index contributed by atoms with van der Waals surface area (Å²) < 4.78 is 1.68. The summed E-state index contributed by atoms with van der Waals surface area (Å²) >= 11 is 0. The van der Waals surface area contributed by atoms with E-state index in [0.717, 1.165) is 22.4 Å². The van der Waals surface area contributed by atoms with Gasteiger partial charge in [0.15, 0.2) is 0 Å². The van der Waals surface area contributed by atoms with Crippen LogP contribution in [0, 0.1) is 13.8 Å². The third kappa shape index (κ3) is 4.55. The minimum atomic E-state index is -0.383. The SMILES string of the molecule is CCC(c1nc2ccccc2c(=O)n1-c1ccc(C)cc1C)N(C)C(=O)/C=C/c1ccccc1. The Bertz CT molecular complexity index is 1420. The Hall–Kier alpha value is -3.99. The lowest BCUT2D eigenvalue weighted by molar-refractivity contribution is -0.127. The number of fused-ring (bicyclic) bond motifs is 1. The van der Waals surface area contributed by atoms with Crippen LogP contribution in [0.2, 0.25) is 0 Å². The van der Waals surface area contributed by atoms with Crippen LogP contribution in [0.1, 0.15) is 41.9 Å². The monoisotopic (exact) mass is 451 g/mol. The number of carbonyl (C=O) groups excluding carboxylic acids is 1. The zero-order valence-electron chi connectivity index (χ0n) is 20.0. The summed E-state index contributed by atoms with van der Waals surface area (Å²) in [6.07, 6.45) is 3.98. The van der Waals surface area contributed by atoms with Crippen molar-refractivity contribution in [2.75, 3.05) is 7.05 Å². The van der Waals surface area contributed by atoms with Crippen molar-refractivity contribution >= 4 is 22.9 Å². The molecule has 34 heavy (non-hydrogen) atoms. The average Bonchev–Trinajstić information content (AvgIpc) is 2.84. The highest BCUT2D eigenvalue weighted by Gasteiger charge is 2.26. The van der Waals surface area contributed by atoms with E-state index in [2.05, 4.69) is 6.07 Å². The van der Waals surface area contributed by atoms with Crippen molar-refractivity contribution in [3.05, 3.63) is 112 Å². The fourth-order valence-corrected chi connectivity index (χ4v) is 4.29.